The van der Waals surface area contributed by atoms with Gasteiger partial charge in [-0.05, 0) is 31.2 Å². The number of thioether (sulfide) groups is 1. The monoisotopic (exact) mass is 240 g/mol. The normalized spacial score (nSPS) is 17.9. The van der Waals surface area contributed by atoms with Gasteiger partial charge in [-0.15, -0.1) is 0 Å². The number of benzene rings is 1. The van der Waals surface area contributed by atoms with E-state index in [-0.39, 0.29) is 11.5 Å². The van der Waals surface area contributed by atoms with Crippen LogP contribution in [-0.2, 0) is 0 Å². The molecule has 0 heterocycles. The molecule has 1 fully saturated rings. The molecule has 1 aliphatic rings. The van der Waals surface area contributed by atoms with Crippen LogP contribution in [0.2, 0.25) is 0 Å². The molecule has 2 rings (SSSR count). The van der Waals surface area contributed by atoms with Gasteiger partial charge in [0, 0.05) is 11.3 Å². The molecule has 1 aliphatic carbocycles. The predicted octanol–water partition coefficient (Wildman–Crippen LogP) is 3.11. The highest BCUT2D eigenvalue weighted by Crippen LogP contribution is 2.43. The lowest BCUT2D eigenvalue weighted by molar-refractivity contribution is 0.380. The van der Waals surface area contributed by atoms with Crippen molar-refractivity contribution < 1.29 is 4.39 Å². The summed E-state index contributed by atoms with van der Waals surface area (Å²) in [5, 5.41) is 3.26. The fraction of sp³-hybridized carbons (Fsp3) is 0.500. The highest BCUT2D eigenvalue weighted by Gasteiger charge is 2.35. The van der Waals surface area contributed by atoms with E-state index in [1.54, 1.807) is 6.07 Å². The molecular weight excluding hydrogens is 223 g/mol. The van der Waals surface area contributed by atoms with Crippen molar-refractivity contribution in [1.29, 1.82) is 0 Å². The van der Waals surface area contributed by atoms with Crippen LogP contribution in [0.1, 0.15) is 19.3 Å². The SMILES string of the molecule is CSC1(CNc2cccc(F)c2N)CCC1. The molecule has 1 aromatic rings. The first-order chi connectivity index (χ1) is 7.67. The molecule has 2 nitrogen and oxygen atoms in total. The summed E-state index contributed by atoms with van der Waals surface area (Å²) in [5.41, 5.74) is 6.60. The highest BCUT2D eigenvalue weighted by atomic mass is 32.2. The van der Waals surface area contributed by atoms with Crippen molar-refractivity contribution in [3.05, 3.63) is 24.0 Å². The molecule has 0 aliphatic heterocycles. The molecular formula is C12H17FN2S. The molecule has 0 aromatic heterocycles. The lowest BCUT2D eigenvalue weighted by Crippen LogP contribution is -2.40. The standard InChI is InChI=1S/C12H17FN2S/c1-16-12(6-3-7-12)8-15-10-5-2-4-9(13)11(10)14/h2,4-5,15H,3,6-8,14H2,1H3. The zero-order chi connectivity index (χ0) is 11.6. The molecule has 3 N–H and O–H groups in total. The summed E-state index contributed by atoms with van der Waals surface area (Å²) < 4.78 is 13.5. The van der Waals surface area contributed by atoms with Crippen molar-refractivity contribution in [2.24, 2.45) is 0 Å². The van der Waals surface area contributed by atoms with Gasteiger partial charge in [-0.3, -0.25) is 0 Å². The number of hydrogen-bond donors (Lipinski definition) is 2. The molecule has 4 heteroatoms. The van der Waals surface area contributed by atoms with Gasteiger partial charge in [0.1, 0.15) is 5.82 Å². The second-order valence-electron chi connectivity index (χ2n) is 4.30. The number of anilines is 2. The minimum absolute atomic E-state index is 0.220. The molecule has 16 heavy (non-hydrogen) atoms. The Morgan fingerprint density at radius 3 is 2.81 bits per heavy atom. The van der Waals surface area contributed by atoms with E-state index >= 15 is 0 Å². The van der Waals surface area contributed by atoms with Crippen LogP contribution in [0.4, 0.5) is 15.8 Å². The fourth-order valence-electron chi connectivity index (χ4n) is 1.97. The van der Waals surface area contributed by atoms with Crippen LogP contribution < -0.4 is 11.1 Å². The largest absolute Gasteiger partial charge is 0.395 e. The summed E-state index contributed by atoms with van der Waals surface area (Å²) in [7, 11) is 0. The van der Waals surface area contributed by atoms with Gasteiger partial charge >= 0.3 is 0 Å². The number of nitrogen functional groups attached to an aromatic ring is 1. The topological polar surface area (TPSA) is 38.0 Å². The van der Waals surface area contributed by atoms with Gasteiger partial charge in [-0.2, -0.15) is 11.8 Å². The number of hydrogen-bond acceptors (Lipinski definition) is 3. The second-order valence-corrected chi connectivity index (χ2v) is 5.57. The third-order valence-electron chi connectivity index (χ3n) is 3.35. The Labute approximate surface area is 99.8 Å². The van der Waals surface area contributed by atoms with Gasteiger partial charge in [0.05, 0.1) is 11.4 Å². The Morgan fingerprint density at radius 2 is 2.25 bits per heavy atom. The lowest BCUT2D eigenvalue weighted by Gasteiger charge is -2.40. The van der Waals surface area contributed by atoms with E-state index in [2.05, 4.69) is 11.6 Å². The Bertz CT molecular complexity index is 372. The molecule has 0 atom stereocenters. The van der Waals surface area contributed by atoms with E-state index in [1.165, 1.54) is 25.3 Å². The van der Waals surface area contributed by atoms with Crippen LogP contribution in [0.15, 0.2) is 18.2 Å². The molecule has 88 valence electrons. The lowest BCUT2D eigenvalue weighted by atomic mass is 9.84. The van der Waals surface area contributed by atoms with Crippen LogP contribution in [0, 0.1) is 5.82 Å². The molecule has 0 saturated heterocycles. The molecule has 0 radical (unpaired) electrons. The van der Waals surface area contributed by atoms with Crippen molar-refractivity contribution in [3.8, 4) is 0 Å². The fourth-order valence-corrected chi connectivity index (χ4v) is 2.89. The third-order valence-corrected chi connectivity index (χ3v) is 4.77. The maximum Gasteiger partial charge on any atom is 0.148 e. The van der Waals surface area contributed by atoms with Crippen molar-refractivity contribution >= 4 is 23.1 Å². The number of rotatable bonds is 4. The Kier molecular flexibility index (Phi) is 3.28. The van der Waals surface area contributed by atoms with E-state index in [9.17, 15) is 4.39 Å². The molecule has 0 amide bonds. The van der Waals surface area contributed by atoms with Crippen molar-refractivity contribution in [2.75, 3.05) is 23.9 Å². The minimum atomic E-state index is -0.350. The van der Waals surface area contributed by atoms with E-state index in [0.29, 0.717) is 10.4 Å². The van der Waals surface area contributed by atoms with Gasteiger partial charge < -0.3 is 11.1 Å². The van der Waals surface area contributed by atoms with E-state index in [4.69, 9.17) is 5.73 Å². The van der Waals surface area contributed by atoms with Crippen molar-refractivity contribution in [2.45, 2.75) is 24.0 Å². The van der Waals surface area contributed by atoms with Crippen LogP contribution >= 0.6 is 11.8 Å². The summed E-state index contributed by atoms with van der Waals surface area (Å²) in [6.07, 6.45) is 5.89. The maximum atomic E-state index is 13.2. The third kappa shape index (κ3) is 2.12. The number of halogens is 1. The Morgan fingerprint density at radius 1 is 1.50 bits per heavy atom. The van der Waals surface area contributed by atoms with Gasteiger partial charge in [0.15, 0.2) is 0 Å². The predicted molar refractivity (Wildman–Crippen MR) is 69.4 cm³/mol. The Hall–Kier alpha value is -0.900. The van der Waals surface area contributed by atoms with E-state index < -0.39 is 0 Å². The van der Waals surface area contributed by atoms with Crippen molar-refractivity contribution in [3.63, 3.8) is 0 Å². The van der Waals surface area contributed by atoms with Gasteiger partial charge in [0.25, 0.3) is 0 Å². The summed E-state index contributed by atoms with van der Waals surface area (Å²) >= 11 is 1.89. The van der Waals surface area contributed by atoms with E-state index in [1.807, 2.05) is 17.8 Å². The first-order valence-corrected chi connectivity index (χ1v) is 6.72. The molecule has 1 saturated carbocycles. The minimum Gasteiger partial charge on any atom is -0.395 e. The summed E-state index contributed by atoms with van der Waals surface area (Å²) in [6.45, 7) is 0.863. The van der Waals surface area contributed by atoms with Crippen LogP contribution in [-0.4, -0.2) is 17.5 Å². The average Bonchev–Trinajstić information content (AvgIpc) is 2.23. The molecule has 0 spiro atoms. The molecule has 1 aromatic carbocycles. The maximum absolute atomic E-state index is 13.2. The van der Waals surface area contributed by atoms with Crippen molar-refractivity contribution in [1.82, 2.24) is 0 Å². The second kappa shape index (κ2) is 4.53. The van der Waals surface area contributed by atoms with Crippen LogP contribution in [0.25, 0.3) is 0 Å². The number of para-hydroxylation sites is 1. The molecule has 0 bridgehead atoms. The highest BCUT2D eigenvalue weighted by molar-refractivity contribution is 8.00. The first kappa shape index (κ1) is 11.6. The van der Waals surface area contributed by atoms with E-state index in [0.717, 1.165) is 6.54 Å². The first-order valence-electron chi connectivity index (χ1n) is 5.50. The van der Waals surface area contributed by atoms with Crippen LogP contribution in [0.5, 0.6) is 0 Å². The Balaban J connectivity index is 2.02. The zero-order valence-electron chi connectivity index (χ0n) is 9.42. The smallest absolute Gasteiger partial charge is 0.148 e. The number of nitrogens with one attached hydrogen (secondary N) is 1. The average molecular weight is 240 g/mol. The van der Waals surface area contributed by atoms with Gasteiger partial charge in [-0.25, -0.2) is 4.39 Å². The molecule has 0 unspecified atom stereocenters. The van der Waals surface area contributed by atoms with Gasteiger partial charge in [-0.1, -0.05) is 12.5 Å². The van der Waals surface area contributed by atoms with Gasteiger partial charge in [0.2, 0.25) is 0 Å². The zero-order valence-corrected chi connectivity index (χ0v) is 10.2. The summed E-state index contributed by atoms with van der Waals surface area (Å²) in [5.74, 6) is -0.350. The quantitative estimate of drug-likeness (QED) is 0.794. The summed E-state index contributed by atoms with van der Waals surface area (Å²) in [4.78, 5) is 0. The van der Waals surface area contributed by atoms with Crippen LogP contribution in [0.3, 0.4) is 0 Å². The summed E-state index contributed by atoms with van der Waals surface area (Å²) in [6, 6.07) is 4.89. The number of nitrogens with two attached hydrogens (primary N) is 1.